The van der Waals surface area contributed by atoms with Crippen LogP contribution in [0.1, 0.15) is 66.4 Å². The molecule has 1 atom stereocenters. The van der Waals surface area contributed by atoms with Crippen LogP contribution in [0.3, 0.4) is 0 Å². The highest BCUT2D eigenvalue weighted by molar-refractivity contribution is 5.98. The van der Waals surface area contributed by atoms with Gasteiger partial charge in [0.2, 0.25) is 0 Å². The van der Waals surface area contributed by atoms with Crippen LogP contribution in [0.15, 0.2) is 48.7 Å². The third-order valence-electron chi connectivity index (χ3n) is 6.71. The number of morpholine rings is 1. The van der Waals surface area contributed by atoms with E-state index < -0.39 is 0 Å². The highest BCUT2D eigenvalue weighted by atomic mass is 16.5. The maximum Gasteiger partial charge on any atom is 0.309 e. The fraction of sp³-hybridized carbons (Fsp3) is 0.500. The summed E-state index contributed by atoms with van der Waals surface area (Å²) in [5.41, 5.74) is 1.45. The molecule has 2 fully saturated rings. The van der Waals surface area contributed by atoms with Crippen LogP contribution in [-0.4, -0.2) is 66.1 Å². The minimum atomic E-state index is -0.320. The van der Waals surface area contributed by atoms with Gasteiger partial charge >= 0.3 is 5.97 Å². The Morgan fingerprint density at radius 1 is 1.19 bits per heavy atom. The fourth-order valence-corrected chi connectivity index (χ4v) is 4.65. The number of carbonyl (C=O) groups is 2. The number of hydrogen-bond donors (Lipinski definition) is 2. The maximum atomic E-state index is 13.9. The van der Waals surface area contributed by atoms with Crippen molar-refractivity contribution in [1.82, 2.24) is 20.2 Å². The lowest BCUT2D eigenvalue weighted by Crippen LogP contribution is -2.35. The molecule has 0 bridgehead atoms. The number of nitrogens with zero attached hydrogens (tertiary/aromatic N) is 3. The Labute approximate surface area is 218 Å². The summed E-state index contributed by atoms with van der Waals surface area (Å²) in [6, 6.07) is 10.1. The lowest BCUT2D eigenvalue weighted by atomic mass is 9.95. The number of anilines is 1. The number of methoxy groups -OCH3 is 1. The number of nitrogens with one attached hydrogen (secondary N) is 2. The molecular weight excluding hydrogens is 470 g/mol. The van der Waals surface area contributed by atoms with Gasteiger partial charge in [-0.25, -0.2) is 9.97 Å². The SMILES string of the molecule is COC(=O)C/C=C/CN(Cc1ccccc1)C(=O)c1cnc(C2CNCCO2)nc1NC1CCCCC1. The Morgan fingerprint density at radius 3 is 2.73 bits per heavy atom. The summed E-state index contributed by atoms with van der Waals surface area (Å²) in [7, 11) is 1.36. The minimum Gasteiger partial charge on any atom is -0.469 e. The van der Waals surface area contributed by atoms with E-state index in [-0.39, 0.29) is 30.4 Å². The van der Waals surface area contributed by atoms with Crippen LogP contribution in [-0.2, 0) is 20.8 Å². The molecule has 2 heterocycles. The second-order valence-corrected chi connectivity index (χ2v) is 9.46. The van der Waals surface area contributed by atoms with Gasteiger partial charge in [-0.1, -0.05) is 61.7 Å². The monoisotopic (exact) mass is 507 g/mol. The van der Waals surface area contributed by atoms with Gasteiger partial charge in [-0.15, -0.1) is 0 Å². The summed E-state index contributed by atoms with van der Waals surface area (Å²) >= 11 is 0. The van der Waals surface area contributed by atoms with Gasteiger partial charge in [0.05, 0.1) is 20.1 Å². The van der Waals surface area contributed by atoms with Crippen molar-refractivity contribution >= 4 is 17.7 Å². The average Bonchev–Trinajstić information content (AvgIpc) is 2.95. The first-order valence-corrected chi connectivity index (χ1v) is 13.1. The summed E-state index contributed by atoms with van der Waals surface area (Å²) in [5, 5.41) is 6.88. The standard InChI is InChI=1S/C28H37N5O4/c1-36-25(34)14-8-9-16-33(20-21-10-4-2-5-11-21)28(35)23-18-30-27(24-19-29-15-17-37-24)32-26(23)31-22-12-6-3-7-13-22/h2,4-5,8-11,18,22,24,29H,3,6-7,12-17,19-20H2,1H3,(H,30,31,32)/b9-8+. The van der Waals surface area contributed by atoms with Crippen LogP contribution in [0.5, 0.6) is 0 Å². The van der Waals surface area contributed by atoms with Crippen LogP contribution in [0, 0.1) is 0 Å². The summed E-state index contributed by atoms with van der Waals surface area (Å²) in [4.78, 5) is 36.5. The topological polar surface area (TPSA) is 106 Å². The zero-order chi connectivity index (χ0) is 25.9. The van der Waals surface area contributed by atoms with Gasteiger partial charge in [0, 0.05) is 38.4 Å². The third kappa shape index (κ3) is 7.84. The molecule has 2 aromatic rings. The number of aromatic nitrogens is 2. The van der Waals surface area contributed by atoms with Crippen molar-refractivity contribution < 1.29 is 19.1 Å². The molecule has 1 aliphatic carbocycles. The molecule has 9 nitrogen and oxygen atoms in total. The number of esters is 1. The second-order valence-electron chi connectivity index (χ2n) is 9.46. The molecule has 37 heavy (non-hydrogen) atoms. The number of carbonyl (C=O) groups excluding carboxylic acids is 2. The third-order valence-corrected chi connectivity index (χ3v) is 6.71. The van der Waals surface area contributed by atoms with Crippen LogP contribution >= 0.6 is 0 Å². The highest BCUT2D eigenvalue weighted by Gasteiger charge is 2.26. The average molecular weight is 508 g/mol. The predicted molar refractivity (Wildman–Crippen MR) is 141 cm³/mol. The molecule has 2 N–H and O–H groups in total. The largest absolute Gasteiger partial charge is 0.469 e. The molecule has 2 aliphatic rings. The van der Waals surface area contributed by atoms with E-state index in [0.29, 0.717) is 43.4 Å². The van der Waals surface area contributed by atoms with Gasteiger partial charge in [0.15, 0.2) is 5.82 Å². The molecule has 198 valence electrons. The van der Waals surface area contributed by atoms with Crippen LogP contribution in [0.25, 0.3) is 0 Å². The smallest absolute Gasteiger partial charge is 0.309 e. The maximum absolute atomic E-state index is 13.9. The Kier molecular flexibility index (Phi) is 10.0. The van der Waals surface area contributed by atoms with Gasteiger partial charge in [-0.05, 0) is 18.4 Å². The lowest BCUT2D eigenvalue weighted by Gasteiger charge is -2.28. The molecule has 1 saturated carbocycles. The fourth-order valence-electron chi connectivity index (χ4n) is 4.65. The number of benzene rings is 1. The van der Waals surface area contributed by atoms with Gasteiger partial charge in [-0.2, -0.15) is 0 Å². The van der Waals surface area contributed by atoms with Gasteiger partial charge < -0.3 is 25.0 Å². The number of ether oxygens (including phenoxy) is 2. The molecule has 9 heteroatoms. The lowest BCUT2D eigenvalue weighted by molar-refractivity contribution is -0.139. The van der Waals surface area contributed by atoms with Crippen molar-refractivity contribution in [2.75, 3.05) is 38.7 Å². The molecule has 1 aromatic heterocycles. The van der Waals surface area contributed by atoms with E-state index in [0.717, 1.165) is 24.9 Å². The highest BCUT2D eigenvalue weighted by Crippen LogP contribution is 2.26. The second kappa shape index (κ2) is 13.9. The first-order valence-electron chi connectivity index (χ1n) is 13.1. The van der Waals surface area contributed by atoms with E-state index in [1.165, 1.54) is 26.4 Å². The molecule has 1 aliphatic heterocycles. The van der Waals surface area contributed by atoms with E-state index in [9.17, 15) is 9.59 Å². The first kappa shape index (κ1) is 26.8. The van der Waals surface area contributed by atoms with E-state index in [1.54, 1.807) is 17.2 Å². The quantitative estimate of drug-likeness (QED) is 0.371. The van der Waals surface area contributed by atoms with Crippen LogP contribution < -0.4 is 10.6 Å². The zero-order valence-electron chi connectivity index (χ0n) is 21.5. The summed E-state index contributed by atoms with van der Waals surface area (Å²) in [5.74, 6) is 0.654. The van der Waals surface area contributed by atoms with Crippen molar-refractivity contribution in [3.8, 4) is 0 Å². The molecule has 0 spiro atoms. The number of hydrogen-bond acceptors (Lipinski definition) is 8. The molecule has 1 aromatic carbocycles. The summed E-state index contributed by atoms with van der Waals surface area (Å²) in [6.07, 6.45) is 10.8. The van der Waals surface area contributed by atoms with Crippen molar-refractivity contribution in [3.05, 3.63) is 65.6 Å². The van der Waals surface area contributed by atoms with E-state index >= 15 is 0 Å². The Balaban J connectivity index is 1.60. The summed E-state index contributed by atoms with van der Waals surface area (Å²) < 4.78 is 10.6. The number of rotatable bonds is 10. The molecule has 1 unspecified atom stereocenters. The molecular formula is C28H37N5O4. The first-order chi connectivity index (χ1) is 18.1. The Morgan fingerprint density at radius 2 is 2.00 bits per heavy atom. The minimum absolute atomic E-state index is 0.158. The van der Waals surface area contributed by atoms with Crippen LogP contribution in [0.4, 0.5) is 5.82 Å². The van der Waals surface area contributed by atoms with E-state index in [4.69, 9.17) is 14.5 Å². The van der Waals surface area contributed by atoms with Crippen molar-refractivity contribution in [2.24, 2.45) is 0 Å². The normalized spacial score (nSPS) is 18.5. The molecule has 4 rings (SSSR count). The van der Waals surface area contributed by atoms with Crippen LogP contribution in [0.2, 0.25) is 0 Å². The molecule has 1 amide bonds. The van der Waals surface area contributed by atoms with Crippen molar-refractivity contribution in [2.45, 2.75) is 57.2 Å². The van der Waals surface area contributed by atoms with Crippen molar-refractivity contribution in [3.63, 3.8) is 0 Å². The van der Waals surface area contributed by atoms with E-state index in [1.807, 2.05) is 36.4 Å². The van der Waals surface area contributed by atoms with Crippen molar-refractivity contribution in [1.29, 1.82) is 0 Å². The van der Waals surface area contributed by atoms with Gasteiger partial charge in [-0.3, -0.25) is 9.59 Å². The summed E-state index contributed by atoms with van der Waals surface area (Å²) in [6.45, 7) is 2.80. The Hall–Kier alpha value is -3.30. The Bertz CT molecular complexity index is 1050. The molecule has 0 radical (unpaired) electrons. The van der Waals surface area contributed by atoms with Gasteiger partial charge in [0.25, 0.3) is 5.91 Å². The van der Waals surface area contributed by atoms with E-state index in [2.05, 4.69) is 15.6 Å². The van der Waals surface area contributed by atoms with Gasteiger partial charge in [0.1, 0.15) is 17.5 Å². The number of amides is 1. The molecule has 1 saturated heterocycles. The predicted octanol–water partition coefficient (Wildman–Crippen LogP) is 3.64. The zero-order valence-corrected chi connectivity index (χ0v) is 21.5.